The average molecular weight is 852 g/mol. The number of piperazine rings is 1. The molecule has 1 aliphatic heterocycles. The van der Waals surface area contributed by atoms with Crippen molar-refractivity contribution in [1.82, 2.24) is 39.7 Å². The van der Waals surface area contributed by atoms with Crippen LogP contribution in [0.1, 0.15) is 66.1 Å². The minimum atomic E-state index is -5.06. The van der Waals surface area contributed by atoms with E-state index in [2.05, 4.69) is 37.6 Å². The lowest BCUT2D eigenvalue weighted by atomic mass is 9.93. The molecular formula is C42H40F7N9O3. The van der Waals surface area contributed by atoms with Crippen LogP contribution in [0.15, 0.2) is 48.5 Å². The number of carbonyl (C=O) groups excluding carboxylic acids is 2. The number of halogens is 7. The first kappa shape index (κ1) is 41.7. The summed E-state index contributed by atoms with van der Waals surface area (Å²) in [4.78, 5) is 35.9. The van der Waals surface area contributed by atoms with Crippen LogP contribution in [-0.4, -0.2) is 90.2 Å². The molecule has 3 N–H and O–H groups in total. The number of alkyl halides is 5. The lowest BCUT2D eigenvalue weighted by Gasteiger charge is -2.32. The summed E-state index contributed by atoms with van der Waals surface area (Å²) in [5.41, 5.74) is -3.00. The number of anilines is 1. The first-order chi connectivity index (χ1) is 28.7. The number of pyridine rings is 1. The summed E-state index contributed by atoms with van der Waals surface area (Å²) in [6.07, 6.45) is -5.55. The fraction of sp³-hybridized carbons (Fsp3) is 0.405. The zero-order valence-electron chi connectivity index (χ0n) is 33.3. The largest absolute Gasteiger partial charge is 0.435 e. The molecule has 1 saturated heterocycles. The quantitative estimate of drug-likeness (QED) is 0.123. The molecule has 3 aromatic heterocycles. The lowest BCUT2D eigenvalue weighted by molar-refractivity contribution is -0.142. The first-order valence-electron chi connectivity index (χ1n) is 19.5. The number of urea groups is 1. The molecule has 1 unspecified atom stereocenters. The number of rotatable bonds is 8. The Morgan fingerprint density at radius 1 is 0.984 bits per heavy atom. The molecule has 2 aliphatic carbocycles. The van der Waals surface area contributed by atoms with Gasteiger partial charge in [0, 0.05) is 67.3 Å². The molecule has 12 nitrogen and oxygen atoms in total. The van der Waals surface area contributed by atoms with Crippen LogP contribution in [0.3, 0.4) is 0 Å². The summed E-state index contributed by atoms with van der Waals surface area (Å²) in [7, 11) is 3.62. The van der Waals surface area contributed by atoms with Crippen molar-refractivity contribution in [3.8, 4) is 23.0 Å². The summed E-state index contributed by atoms with van der Waals surface area (Å²) >= 11 is 0. The van der Waals surface area contributed by atoms with E-state index in [1.165, 1.54) is 18.5 Å². The number of carbonyl (C=O) groups is 2. The van der Waals surface area contributed by atoms with E-state index in [9.17, 15) is 36.6 Å². The molecule has 8 rings (SSSR count). The summed E-state index contributed by atoms with van der Waals surface area (Å²) in [5, 5.41) is 24.6. The van der Waals surface area contributed by atoms with Crippen molar-refractivity contribution in [2.24, 2.45) is 13.0 Å². The Bertz CT molecular complexity index is 2610. The summed E-state index contributed by atoms with van der Waals surface area (Å²) < 4.78 is 104. The van der Waals surface area contributed by atoms with Gasteiger partial charge in [-0.2, -0.15) is 32.1 Å². The van der Waals surface area contributed by atoms with Gasteiger partial charge < -0.3 is 20.2 Å². The van der Waals surface area contributed by atoms with Crippen LogP contribution in [0.2, 0.25) is 0 Å². The van der Waals surface area contributed by atoms with Crippen LogP contribution in [-0.2, 0) is 36.9 Å². The number of fused-ring (bicyclic) bond motifs is 4. The van der Waals surface area contributed by atoms with E-state index in [-0.39, 0.29) is 41.6 Å². The fourth-order valence-electron chi connectivity index (χ4n) is 8.24. The Kier molecular flexibility index (Phi) is 10.4. The second-order valence-corrected chi connectivity index (χ2v) is 16.3. The molecule has 1 saturated carbocycles. The van der Waals surface area contributed by atoms with Crippen molar-refractivity contribution >= 4 is 28.7 Å². The summed E-state index contributed by atoms with van der Waals surface area (Å²) in [6, 6.07) is 9.36. The lowest BCUT2D eigenvalue weighted by Crippen LogP contribution is -2.48. The molecule has 0 spiro atoms. The third kappa shape index (κ3) is 8.25. The predicted molar refractivity (Wildman–Crippen MR) is 208 cm³/mol. The molecule has 320 valence electrons. The standard InChI is InChI=1S/C42H40F7N9O3/c1-40(2,61)11-10-25-8-9-26(27-6-5-7-28-35(27)56(4)54-38(28)52-39(60)57-14-12-55(3)13-15-57)34(50-25)31(18-22-16-23(43)19-24(44)17-22)51-32(59)21-58-37-33(36(53-58)42(47,48)49)29-20-30(29)41(37,45)46/h5-9,16-17,19,29-31,61H,12-15,18,20-21H2,1-4H3,(H,51,59)(H,52,54,60)/t29-,30?,31-/m0/s1. The first-order valence-corrected chi connectivity index (χ1v) is 19.5. The van der Waals surface area contributed by atoms with E-state index < -0.39 is 76.6 Å². The number of amides is 3. The Balaban J connectivity index is 1.22. The van der Waals surface area contributed by atoms with Crippen molar-refractivity contribution in [3.63, 3.8) is 0 Å². The van der Waals surface area contributed by atoms with Crippen LogP contribution in [0.4, 0.5) is 41.3 Å². The van der Waals surface area contributed by atoms with Crippen LogP contribution >= 0.6 is 0 Å². The van der Waals surface area contributed by atoms with Crippen molar-refractivity contribution in [2.75, 3.05) is 38.5 Å². The third-order valence-electron chi connectivity index (χ3n) is 11.1. The molecule has 61 heavy (non-hydrogen) atoms. The van der Waals surface area contributed by atoms with Crippen LogP contribution in [0.25, 0.3) is 22.0 Å². The number of hydrogen-bond acceptors (Lipinski definition) is 7. The average Bonchev–Trinajstić information content (AvgIpc) is 3.72. The number of aryl methyl sites for hydroxylation is 1. The normalized spacial score (nSPS) is 18.9. The summed E-state index contributed by atoms with van der Waals surface area (Å²) in [6.45, 7) is 4.24. The molecule has 0 radical (unpaired) electrons. The van der Waals surface area contributed by atoms with Gasteiger partial charge >= 0.3 is 12.2 Å². The molecule has 3 atom stereocenters. The van der Waals surface area contributed by atoms with Gasteiger partial charge in [-0.15, -0.1) is 0 Å². The molecule has 4 heterocycles. The van der Waals surface area contributed by atoms with Gasteiger partial charge in [0.25, 0.3) is 5.92 Å². The van der Waals surface area contributed by atoms with E-state index in [1.807, 2.05) is 7.05 Å². The highest BCUT2D eigenvalue weighted by atomic mass is 19.4. The van der Waals surface area contributed by atoms with E-state index in [4.69, 9.17) is 4.98 Å². The highest BCUT2D eigenvalue weighted by Gasteiger charge is 2.68. The molecule has 5 aromatic rings. The zero-order valence-corrected chi connectivity index (χ0v) is 33.3. The second kappa shape index (κ2) is 15.2. The molecule has 0 bridgehead atoms. The number of aromatic nitrogens is 5. The third-order valence-corrected chi connectivity index (χ3v) is 11.1. The number of nitrogens with zero attached hydrogens (tertiary/aromatic N) is 7. The molecule has 3 amide bonds. The Morgan fingerprint density at radius 3 is 2.36 bits per heavy atom. The zero-order chi connectivity index (χ0) is 43.8. The number of aliphatic hydroxyl groups is 1. The van der Waals surface area contributed by atoms with E-state index in [0.29, 0.717) is 59.0 Å². The maximum Gasteiger partial charge on any atom is 0.435 e. The predicted octanol–water partition coefficient (Wildman–Crippen LogP) is 6.34. The van der Waals surface area contributed by atoms with E-state index in [0.717, 1.165) is 12.1 Å². The maximum atomic E-state index is 15.5. The van der Waals surface area contributed by atoms with E-state index in [1.54, 1.807) is 42.3 Å². The highest BCUT2D eigenvalue weighted by Crippen LogP contribution is 2.68. The van der Waals surface area contributed by atoms with Gasteiger partial charge in [-0.3, -0.25) is 19.5 Å². The minimum Gasteiger partial charge on any atom is -0.378 e. The van der Waals surface area contributed by atoms with Crippen molar-refractivity contribution < 1.29 is 45.4 Å². The van der Waals surface area contributed by atoms with Crippen molar-refractivity contribution in [3.05, 3.63) is 94.1 Å². The number of likely N-dealkylation sites (N-methyl/N-ethyl adjacent to an activating group) is 1. The summed E-state index contributed by atoms with van der Waals surface area (Å²) in [5.74, 6) is -3.25. The molecular weight excluding hydrogens is 812 g/mol. The number of hydrogen-bond donors (Lipinski definition) is 3. The van der Waals surface area contributed by atoms with E-state index >= 15 is 8.78 Å². The Labute approximate surface area is 344 Å². The maximum absolute atomic E-state index is 15.5. The van der Waals surface area contributed by atoms with Crippen LogP contribution < -0.4 is 10.6 Å². The van der Waals surface area contributed by atoms with Crippen molar-refractivity contribution in [2.45, 2.75) is 62.9 Å². The van der Waals surface area contributed by atoms with Gasteiger partial charge in [-0.05, 0) is 81.5 Å². The highest BCUT2D eigenvalue weighted by molar-refractivity contribution is 6.04. The topological polar surface area (TPSA) is 133 Å². The van der Waals surface area contributed by atoms with Crippen LogP contribution in [0, 0.1) is 29.4 Å². The van der Waals surface area contributed by atoms with Crippen LogP contribution in [0.5, 0.6) is 0 Å². The van der Waals surface area contributed by atoms with Gasteiger partial charge in [-0.1, -0.05) is 18.1 Å². The van der Waals surface area contributed by atoms with Gasteiger partial charge in [-0.25, -0.2) is 18.6 Å². The number of para-hydroxylation sites is 1. The Hall–Kier alpha value is -6.00. The molecule has 19 heteroatoms. The number of nitrogens with one attached hydrogen (secondary N) is 2. The van der Waals surface area contributed by atoms with Gasteiger partial charge in [0.15, 0.2) is 11.5 Å². The second-order valence-electron chi connectivity index (χ2n) is 16.3. The van der Waals surface area contributed by atoms with Gasteiger partial charge in [0.1, 0.15) is 35.2 Å². The molecule has 2 aromatic carbocycles. The smallest absolute Gasteiger partial charge is 0.378 e. The minimum absolute atomic E-state index is 0.0436. The Morgan fingerprint density at radius 2 is 1.69 bits per heavy atom. The molecule has 3 aliphatic rings. The monoisotopic (exact) mass is 851 g/mol. The number of benzene rings is 2. The van der Waals surface area contributed by atoms with Gasteiger partial charge in [0.05, 0.1) is 17.3 Å². The van der Waals surface area contributed by atoms with Gasteiger partial charge in [0.2, 0.25) is 5.91 Å². The van der Waals surface area contributed by atoms with Crippen molar-refractivity contribution in [1.29, 1.82) is 0 Å². The molecule has 2 fully saturated rings. The fourth-order valence-corrected chi connectivity index (χ4v) is 8.24. The SMILES string of the molecule is CN1CCN(C(=O)Nc2nn(C)c3c(-c4ccc(C#CC(C)(C)O)nc4[C@H](Cc4cc(F)cc(F)c4)NC(=O)Cn4nc(C(F)(F)F)c5c4C(F)(F)C4C[C@H]54)cccc23)CC1.